The van der Waals surface area contributed by atoms with Crippen LogP contribution < -0.4 is 9.47 Å². The Balaban J connectivity index is 2.17. The van der Waals surface area contributed by atoms with Crippen LogP contribution in [0.25, 0.3) is 10.9 Å². The molecule has 1 aromatic heterocycles. The molecule has 0 unspecified atom stereocenters. The van der Waals surface area contributed by atoms with Crippen molar-refractivity contribution in [2.24, 2.45) is 0 Å². The second-order valence-electron chi connectivity index (χ2n) is 5.59. The Hall–Kier alpha value is -1.84. The first kappa shape index (κ1) is 14.1. The average molecular weight is 286 g/mol. The van der Waals surface area contributed by atoms with Gasteiger partial charge < -0.3 is 9.47 Å². The maximum atomic E-state index is 5.40. The van der Waals surface area contributed by atoms with Gasteiger partial charge in [0.15, 0.2) is 11.5 Å². The van der Waals surface area contributed by atoms with Crippen molar-refractivity contribution in [1.82, 2.24) is 9.97 Å². The van der Waals surface area contributed by atoms with Gasteiger partial charge in [0.05, 0.1) is 25.4 Å². The number of benzene rings is 1. The minimum Gasteiger partial charge on any atom is -0.493 e. The van der Waals surface area contributed by atoms with Crippen LogP contribution in [0.15, 0.2) is 12.1 Å². The van der Waals surface area contributed by atoms with E-state index in [4.69, 9.17) is 19.4 Å². The van der Waals surface area contributed by atoms with Gasteiger partial charge in [-0.2, -0.15) is 0 Å². The topological polar surface area (TPSA) is 44.2 Å². The monoisotopic (exact) mass is 286 g/mol. The van der Waals surface area contributed by atoms with Gasteiger partial charge in [0, 0.05) is 17.4 Å². The maximum Gasteiger partial charge on any atom is 0.162 e. The van der Waals surface area contributed by atoms with E-state index in [9.17, 15) is 0 Å². The molecule has 0 aliphatic heterocycles. The molecule has 1 saturated carbocycles. The Morgan fingerprint density at radius 3 is 2.33 bits per heavy atom. The summed E-state index contributed by atoms with van der Waals surface area (Å²) in [6, 6.07) is 3.96. The summed E-state index contributed by atoms with van der Waals surface area (Å²) in [7, 11) is 3.31. The molecule has 1 aliphatic carbocycles. The van der Waals surface area contributed by atoms with E-state index in [1.807, 2.05) is 12.1 Å². The number of ether oxygens (including phenoxy) is 2. The predicted molar refractivity (Wildman–Crippen MR) is 83.2 cm³/mol. The van der Waals surface area contributed by atoms with Crippen molar-refractivity contribution in [3.05, 3.63) is 23.7 Å². The number of rotatable bonds is 4. The van der Waals surface area contributed by atoms with E-state index in [2.05, 4.69) is 6.92 Å². The van der Waals surface area contributed by atoms with Crippen LogP contribution in [0.2, 0.25) is 0 Å². The van der Waals surface area contributed by atoms with Crippen molar-refractivity contribution in [2.45, 2.75) is 44.9 Å². The van der Waals surface area contributed by atoms with E-state index in [1.165, 1.54) is 25.7 Å². The molecule has 4 nitrogen and oxygen atoms in total. The Morgan fingerprint density at radius 1 is 1.05 bits per heavy atom. The second-order valence-corrected chi connectivity index (χ2v) is 5.59. The Bertz CT molecular complexity index is 649. The third kappa shape index (κ3) is 2.55. The normalized spacial score (nSPS) is 15.6. The van der Waals surface area contributed by atoms with Crippen LogP contribution in [0.3, 0.4) is 0 Å². The Labute approximate surface area is 125 Å². The van der Waals surface area contributed by atoms with Gasteiger partial charge in [0.2, 0.25) is 0 Å². The van der Waals surface area contributed by atoms with Crippen molar-refractivity contribution in [3.63, 3.8) is 0 Å². The molecule has 1 fully saturated rings. The van der Waals surface area contributed by atoms with Crippen LogP contribution in [-0.2, 0) is 6.42 Å². The summed E-state index contributed by atoms with van der Waals surface area (Å²) >= 11 is 0. The number of hydrogen-bond donors (Lipinski definition) is 0. The molecule has 4 heteroatoms. The molecular weight excluding hydrogens is 264 g/mol. The molecular formula is C17H22N2O2. The van der Waals surface area contributed by atoms with Gasteiger partial charge in [-0.15, -0.1) is 0 Å². The van der Waals surface area contributed by atoms with Crippen LogP contribution in [0.4, 0.5) is 0 Å². The number of nitrogens with zero attached hydrogens (tertiary/aromatic N) is 2. The SMILES string of the molecule is CCc1nc(C2CCCC2)nc2cc(OC)c(OC)cc12. The summed E-state index contributed by atoms with van der Waals surface area (Å²) in [5.74, 6) is 2.98. The van der Waals surface area contributed by atoms with Crippen LogP contribution in [0.5, 0.6) is 11.5 Å². The Kier molecular flexibility index (Phi) is 3.95. The molecule has 0 spiro atoms. The lowest BCUT2D eigenvalue weighted by Crippen LogP contribution is -2.05. The van der Waals surface area contributed by atoms with Gasteiger partial charge in [-0.3, -0.25) is 0 Å². The van der Waals surface area contributed by atoms with E-state index < -0.39 is 0 Å². The van der Waals surface area contributed by atoms with E-state index >= 15 is 0 Å². The molecule has 0 bridgehead atoms. The van der Waals surface area contributed by atoms with Gasteiger partial charge >= 0.3 is 0 Å². The molecule has 2 aromatic rings. The summed E-state index contributed by atoms with van der Waals surface area (Å²) in [6.07, 6.45) is 5.90. The minimum absolute atomic E-state index is 0.521. The highest BCUT2D eigenvalue weighted by Gasteiger charge is 2.21. The molecule has 0 N–H and O–H groups in total. The van der Waals surface area contributed by atoms with Crippen LogP contribution in [-0.4, -0.2) is 24.2 Å². The minimum atomic E-state index is 0.521. The van der Waals surface area contributed by atoms with E-state index in [0.29, 0.717) is 5.92 Å². The molecule has 1 aromatic carbocycles. The van der Waals surface area contributed by atoms with Gasteiger partial charge in [0.25, 0.3) is 0 Å². The first-order valence-corrected chi connectivity index (χ1v) is 7.69. The molecule has 0 amide bonds. The number of aryl methyl sites for hydroxylation is 1. The van der Waals surface area contributed by atoms with Crippen molar-refractivity contribution < 1.29 is 9.47 Å². The van der Waals surface area contributed by atoms with E-state index in [0.717, 1.165) is 40.3 Å². The van der Waals surface area contributed by atoms with Crippen molar-refractivity contribution in [3.8, 4) is 11.5 Å². The predicted octanol–water partition coefficient (Wildman–Crippen LogP) is 3.87. The second kappa shape index (κ2) is 5.88. The first-order valence-electron chi connectivity index (χ1n) is 7.69. The van der Waals surface area contributed by atoms with Crippen molar-refractivity contribution in [2.75, 3.05) is 14.2 Å². The summed E-state index contributed by atoms with van der Waals surface area (Å²) in [4.78, 5) is 9.63. The molecule has 0 atom stereocenters. The third-order valence-electron chi connectivity index (χ3n) is 4.35. The van der Waals surface area contributed by atoms with Crippen molar-refractivity contribution in [1.29, 1.82) is 0 Å². The van der Waals surface area contributed by atoms with Crippen LogP contribution in [0.1, 0.15) is 50.0 Å². The van der Waals surface area contributed by atoms with E-state index in [-0.39, 0.29) is 0 Å². The van der Waals surface area contributed by atoms with Crippen LogP contribution in [0, 0.1) is 0 Å². The molecule has 21 heavy (non-hydrogen) atoms. The molecule has 3 rings (SSSR count). The third-order valence-corrected chi connectivity index (χ3v) is 4.35. The maximum absolute atomic E-state index is 5.40. The zero-order valence-corrected chi connectivity index (χ0v) is 13.0. The zero-order valence-electron chi connectivity index (χ0n) is 13.0. The quantitative estimate of drug-likeness (QED) is 0.856. The molecule has 1 aliphatic rings. The lowest BCUT2D eigenvalue weighted by Gasteiger charge is -2.14. The highest BCUT2D eigenvalue weighted by molar-refractivity contribution is 5.84. The first-order chi connectivity index (χ1) is 10.3. The van der Waals surface area contributed by atoms with Gasteiger partial charge in [0.1, 0.15) is 5.82 Å². The largest absolute Gasteiger partial charge is 0.493 e. The fourth-order valence-corrected chi connectivity index (χ4v) is 3.17. The number of methoxy groups -OCH3 is 2. The lowest BCUT2D eigenvalue weighted by atomic mass is 10.1. The van der Waals surface area contributed by atoms with Gasteiger partial charge in [-0.25, -0.2) is 9.97 Å². The zero-order chi connectivity index (χ0) is 14.8. The number of aromatic nitrogens is 2. The number of fused-ring (bicyclic) bond motifs is 1. The lowest BCUT2D eigenvalue weighted by molar-refractivity contribution is 0.355. The standard InChI is InChI=1S/C17H22N2O2/c1-4-13-12-9-15(20-2)16(21-3)10-14(12)19-17(18-13)11-7-5-6-8-11/h9-11H,4-8H2,1-3H3. The van der Waals surface area contributed by atoms with E-state index in [1.54, 1.807) is 14.2 Å². The fourth-order valence-electron chi connectivity index (χ4n) is 3.17. The molecule has 0 saturated heterocycles. The van der Waals surface area contributed by atoms with Gasteiger partial charge in [-0.05, 0) is 25.3 Å². The van der Waals surface area contributed by atoms with Crippen LogP contribution >= 0.6 is 0 Å². The fraction of sp³-hybridized carbons (Fsp3) is 0.529. The average Bonchev–Trinajstić information content (AvgIpc) is 3.06. The molecule has 112 valence electrons. The summed E-state index contributed by atoms with van der Waals surface area (Å²) in [5, 5.41) is 1.07. The number of hydrogen-bond acceptors (Lipinski definition) is 4. The van der Waals surface area contributed by atoms with Crippen molar-refractivity contribution >= 4 is 10.9 Å². The highest BCUT2D eigenvalue weighted by Crippen LogP contribution is 2.36. The summed E-state index contributed by atoms with van der Waals surface area (Å²) in [5.41, 5.74) is 2.06. The summed E-state index contributed by atoms with van der Waals surface area (Å²) < 4.78 is 10.8. The molecule has 0 radical (unpaired) electrons. The van der Waals surface area contributed by atoms with Gasteiger partial charge in [-0.1, -0.05) is 19.8 Å². The molecule has 1 heterocycles. The Morgan fingerprint density at radius 2 is 1.71 bits per heavy atom. The summed E-state index contributed by atoms with van der Waals surface area (Å²) in [6.45, 7) is 2.14. The smallest absolute Gasteiger partial charge is 0.162 e. The highest BCUT2D eigenvalue weighted by atomic mass is 16.5.